The topological polar surface area (TPSA) is 48.9 Å². The van der Waals surface area contributed by atoms with E-state index in [4.69, 9.17) is 4.74 Å². The molecule has 1 unspecified atom stereocenters. The average molecular weight is 498 g/mol. The van der Waals surface area contributed by atoms with E-state index in [0.717, 1.165) is 31.8 Å². The second kappa shape index (κ2) is 11.1. The zero-order chi connectivity index (χ0) is 19.1. The van der Waals surface area contributed by atoms with Crippen molar-refractivity contribution in [2.45, 2.75) is 13.0 Å². The number of ether oxygens (including phenoxy) is 1. The molecule has 1 saturated heterocycles. The number of benzene rings is 2. The molecule has 5 nitrogen and oxygen atoms in total. The number of hydrogen-bond acceptors (Lipinski definition) is 3. The predicted molar refractivity (Wildman–Crippen MR) is 123 cm³/mol. The smallest absolute Gasteiger partial charge is 0.191 e. The molecule has 0 spiro atoms. The van der Waals surface area contributed by atoms with Crippen LogP contribution in [0.5, 0.6) is 5.75 Å². The van der Waals surface area contributed by atoms with Crippen LogP contribution in [0.3, 0.4) is 0 Å². The number of nitrogens with one attached hydrogen (secondary N) is 2. The van der Waals surface area contributed by atoms with Crippen molar-refractivity contribution in [2.24, 2.45) is 10.9 Å². The normalized spacial score (nSPS) is 16.5. The molecule has 1 atom stereocenters. The Morgan fingerprint density at radius 2 is 2.04 bits per heavy atom. The van der Waals surface area contributed by atoms with Gasteiger partial charge in [-0.3, -0.25) is 4.99 Å². The van der Waals surface area contributed by atoms with E-state index >= 15 is 0 Å². The lowest BCUT2D eigenvalue weighted by atomic mass is 10.1. The molecule has 1 fully saturated rings. The minimum Gasteiger partial charge on any atom is -0.497 e. The molecule has 3 rings (SSSR count). The van der Waals surface area contributed by atoms with Gasteiger partial charge in [0, 0.05) is 50.5 Å². The van der Waals surface area contributed by atoms with Gasteiger partial charge in [-0.2, -0.15) is 0 Å². The van der Waals surface area contributed by atoms with Crippen LogP contribution in [0.4, 0.5) is 10.1 Å². The Morgan fingerprint density at radius 3 is 2.79 bits per heavy atom. The van der Waals surface area contributed by atoms with Gasteiger partial charge in [0.15, 0.2) is 5.96 Å². The lowest BCUT2D eigenvalue weighted by Crippen LogP contribution is -2.40. The fourth-order valence-corrected chi connectivity index (χ4v) is 3.32. The predicted octanol–water partition coefficient (Wildman–Crippen LogP) is 3.64. The number of aliphatic imine (C=N–C) groups is 1. The van der Waals surface area contributed by atoms with Crippen molar-refractivity contribution in [1.82, 2.24) is 10.6 Å². The molecule has 2 aromatic carbocycles. The summed E-state index contributed by atoms with van der Waals surface area (Å²) in [6.07, 6.45) is 1.12. The summed E-state index contributed by atoms with van der Waals surface area (Å²) in [5, 5.41) is 6.54. The average Bonchev–Trinajstić information content (AvgIpc) is 3.18. The molecule has 0 aromatic heterocycles. The number of halogens is 2. The van der Waals surface area contributed by atoms with E-state index in [-0.39, 0.29) is 29.8 Å². The summed E-state index contributed by atoms with van der Waals surface area (Å²) in [5.74, 6) is 1.90. The lowest BCUT2D eigenvalue weighted by Gasteiger charge is -2.20. The standard InChI is InChI=1S/C21H27FN4O.HI/c1-23-21(25-14-17-6-3-4-9-20(17)22)24-13-16-10-11-26(15-16)18-7-5-8-19(12-18)27-2;/h3-9,12,16H,10-11,13-15H2,1-2H3,(H2,23,24,25);1H. The molecule has 1 heterocycles. The summed E-state index contributed by atoms with van der Waals surface area (Å²) < 4.78 is 19.0. The van der Waals surface area contributed by atoms with Crippen LogP contribution >= 0.6 is 24.0 Å². The van der Waals surface area contributed by atoms with Crippen molar-refractivity contribution >= 4 is 35.6 Å². The first kappa shape index (κ1) is 22.3. The third-order valence-electron chi connectivity index (χ3n) is 4.89. The number of methoxy groups -OCH3 is 1. The van der Waals surface area contributed by atoms with Crippen molar-refractivity contribution in [1.29, 1.82) is 0 Å². The first-order chi connectivity index (χ1) is 13.2. The number of guanidine groups is 1. The van der Waals surface area contributed by atoms with Gasteiger partial charge < -0.3 is 20.3 Å². The van der Waals surface area contributed by atoms with Crippen molar-refractivity contribution in [2.75, 3.05) is 38.7 Å². The molecule has 1 aliphatic heterocycles. The van der Waals surface area contributed by atoms with Crippen LogP contribution in [0.2, 0.25) is 0 Å². The van der Waals surface area contributed by atoms with Gasteiger partial charge in [-0.1, -0.05) is 24.3 Å². The summed E-state index contributed by atoms with van der Waals surface area (Å²) >= 11 is 0. The van der Waals surface area contributed by atoms with E-state index in [1.54, 1.807) is 26.3 Å². The second-order valence-corrected chi connectivity index (χ2v) is 6.70. The fourth-order valence-electron chi connectivity index (χ4n) is 3.32. The Labute approximate surface area is 183 Å². The summed E-state index contributed by atoms with van der Waals surface area (Å²) in [7, 11) is 3.42. The maximum Gasteiger partial charge on any atom is 0.191 e. The third kappa shape index (κ3) is 5.98. The highest BCUT2D eigenvalue weighted by molar-refractivity contribution is 14.0. The van der Waals surface area contributed by atoms with Gasteiger partial charge in [-0.15, -0.1) is 24.0 Å². The van der Waals surface area contributed by atoms with E-state index in [2.05, 4.69) is 32.7 Å². The molecule has 0 amide bonds. The number of anilines is 1. The Kier molecular flexibility index (Phi) is 8.82. The van der Waals surface area contributed by atoms with Gasteiger partial charge >= 0.3 is 0 Å². The Hall–Kier alpha value is -2.03. The van der Waals surface area contributed by atoms with Crippen molar-refractivity contribution in [3.63, 3.8) is 0 Å². The minimum atomic E-state index is -0.204. The molecule has 2 N–H and O–H groups in total. The largest absolute Gasteiger partial charge is 0.497 e. The second-order valence-electron chi connectivity index (χ2n) is 6.70. The van der Waals surface area contributed by atoms with Gasteiger partial charge in [0.2, 0.25) is 0 Å². The van der Waals surface area contributed by atoms with Crippen molar-refractivity contribution < 1.29 is 9.13 Å². The molecule has 2 aromatic rings. The zero-order valence-corrected chi connectivity index (χ0v) is 18.7. The first-order valence-electron chi connectivity index (χ1n) is 9.26. The van der Waals surface area contributed by atoms with Gasteiger partial charge in [0.1, 0.15) is 11.6 Å². The van der Waals surface area contributed by atoms with E-state index in [1.165, 1.54) is 11.8 Å². The minimum absolute atomic E-state index is 0. The van der Waals surface area contributed by atoms with E-state index in [9.17, 15) is 4.39 Å². The third-order valence-corrected chi connectivity index (χ3v) is 4.89. The highest BCUT2D eigenvalue weighted by Gasteiger charge is 2.23. The van der Waals surface area contributed by atoms with Gasteiger partial charge in [0.05, 0.1) is 7.11 Å². The van der Waals surface area contributed by atoms with Crippen LogP contribution in [0, 0.1) is 11.7 Å². The van der Waals surface area contributed by atoms with E-state index in [1.807, 2.05) is 18.2 Å². The Bertz CT molecular complexity index is 787. The summed E-state index contributed by atoms with van der Waals surface area (Å²) in [4.78, 5) is 6.61. The van der Waals surface area contributed by atoms with Crippen molar-refractivity contribution in [3.05, 3.63) is 59.9 Å². The van der Waals surface area contributed by atoms with Gasteiger partial charge in [-0.25, -0.2) is 4.39 Å². The number of hydrogen-bond donors (Lipinski definition) is 2. The summed E-state index contributed by atoms with van der Waals surface area (Å²) in [5.41, 5.74) is 1.82. The fraction of sp³-hybridized carbons (Fsp3) is 0.381. The van der Waals surface area contributed by atoms with Crippen LogP contribution < -0.4 is 20.3 Å². The molecule has 0 saturated carbocycles. The summed E-state index contributed by atoms with van der Waals surface area (Å²) in [6, 6.07) is 15.0. The molecule has 7 heteroatoms. The van der Waals surface area contributed by atoms with Crippen LogP contribution in [-0.2, 0) is 6.54 Å². The Balaban J connectivity index is 0.00000280. The number of nitrogens with zero attached hydrogens (tertiary/aromatic N) is 2. The maximum atomic E-state index is 13.7. The molecule has 0 radical (unpaired) electrons. The monoisotopic (exact) mass is 498 g/mol. The van der Waals surface area contributed by atoms with Crippen LogP contribution in [0.1, 0.15) is 12.0 Å². The SMILES string of the molecule is CN=C(NCc1ccccc1F)NCC1CCN(c2cccc(OC)c2)C1.I. The van der Waals surface area contributed by atoms with Gasteiger partial charge in [-0.05, 0) is 30.5 Å². The molecule has 28 heavy (non-hydrogen) atoms. The van der Waals surface area contributed by atoms with Gasteiger partial charge in [0.25, 0.3) is 0 Å². The molecule has 152 valence electrons. The van der Waals surface area contributed by atoms with E-state index < -0.39 is 0 Å². The zero-order valence-electron chi connectivity index (χ0n) is 16.3. The maximum absolute atomic E-state index is 13.7. The molecule has 1 aliphatic rings. The highest BCUT2D eigenvalue weighted by atomic mass is 127. The summed E-state index contributed by atoms with van der Waals surface area (Å²) in [6.45, 7) is 3.26. The molecule has 0 aliphatic carbocycles. The van der Waals surface area contributed by atoms with Crippen LogP contribution in [0.15, 0.2) is 53.5 Å². The lowest BCUT2D eigenvalue weighted by molar-refractivity contribution is 0.415. The first-order valence-corrected chi connectivity index (χ1v) is 9.26. The molecular formula is C21H28FIN4O. The molecule has 0 bridgehead atoms. The van der Waals surface area contributed by atoms with Crippen LogP contribution in [0.25, 0.3) is 0 Å². The van der Waals surface area contributed by atoms with E-state index in [0.29, 0.717) is 24.0 Å². The molecular weight excluding hydrogens is 470 g/mol. The number of rotatable bonds is 6. The Morgan fingerprint density at radius 1 is 1.21 bits per heavy atom. The quantitative estimate of drug-likeness (QED) is 0.363. The highest BCUT2D eigenvalue weighted by Crippen LogP contribution is 2.26. The van der Waals surface area contributed by atoms with Crippen LogP contribution in [-0.4, -0.2) is 39.8 Å². The van der Waals surface area contributed by atoms with Crippen molar-refractivity contribution in [3.8, 4) is 5.75 Å².